The van der Waals surface area contributed by atoms with Crippen LogP contribution in [0.3, 0.4) is 0 Å². The average Bonchev–Trinajstić information content (AvgIpc) is 2.18. The van der Waals surface area contributed by atoms with Crippen LogP contribution >= 0.6 is 0 Å². The van der Waals surface area contributed by atoms with E-state index < -0.39 is 0 Å². The molecule has 0 atom stereocenters. The van der Waals surface area contributed by atoms with Crippen LogP contribution in [0.4, 0.5) is 0 Å². The molecule has 0 spiro atoms. The van der Waals surface area contributed by atoms with Gasteiger partial charge in [-0.15, -0.1) is 0 Å². The maximum Gasteiger partial charge on any atom is 0.230 e. The summed E-state index contributed by atoms with van der Waals surface area (Å²) in [4.78, 5) is 24.1. The minimum atomic E-state index is -0.0565. The lowest BCUT2D eigenvalue weighted by atomic mass is 9.97. The van der Waals surface area contributed by atoms with Crippen molar-refractivity contribution in [1.82, 2.24) is 4.90 Å². The van der Waals surface area contributed by atoms with Gasteiger partial charge in [-0.25, -0.2) is 0 Å². The Kier molecular flexibility index (Phi) is 4.75. The van der Waals surface area contributed by atoms with Gasteiger partial charge >= 0.3 is 0 Å². The van der Waals surface area contributed by atoms with Gasteiger partial charge in [-0.3, -0.25) is 9.59 Å². The molecule has 1 saturated heterocycles. The number of ether oxygens (including phenoxy) is 1. The van der Waals surface area contributed by atoms with E-state index in [9.17, 15) is 9.59 Å². The highest BCUT2D eigenvalue weighted by Gasteiger charge is 2.22. The van der Waals surface area contributed by atoms with Gasteiger partial charge in [-0.1, -0.05) is 0 Å². The molecule has 0 aromatic rings. The van der Waals surface area contributed by atoms with E-state index in [0.717, 1.165) is 32.5 Å². The van der Waals surface area contributed by atoms with E-state index in [-0.39, 0.29) is 18.1 Å². The van der Waals surface area contributed by atoms with Gasteiger partial charge in [0.15, 0.2) is 0 Å². The second kappa shape index (κ2) is 5.85. The fourth-order valence-electron chi connectivity index (χ4n) is 1.91. The van der Waals surface area contributed by atoms with Crippen LogP contribution in [0, 0.1) is 5.92 Å². The molecule has 0 unspecified atom stereocenters. The maximum absolute atomic E-state index is 11.5. The SMILES string of the molecule is COCC1CCN(C(=O)CC(C)=O)CC1. The molecular weight excluding hydrogens is 194 g/mol. The van der Waals surface area contributed by atoms with Crippen LogP contribution in [-0.2, 0) is 14.3 Å². The Morgan fingerprint density at radius 2 is 1.93 bits per heavy atom. The number of hydrogen-bond acceptors (Lipinski definition) is 3. The molecule has 0 aromatic heterocycles. The third-order valence-corrected chi connectivity index (χ3v) is 2.77. The Labute approximate surface area is 90.6 Å². The average molecular weight is 213 g/mol. The summed E-state index contributed by atoms with van der Waals surface area (Å²) in [5, 5.41) is 0. The van der Waals surface area contributed by atoms with Crippen LogP contribution in [0.1, 0.15) is 26.2 Å². The molecule has 1 fully saturated rings. The van der Waals surface area contributed by atoms with Crippen LogP contribution in [0.5, 0.6) is 0 Å². The molecule has 1 heterocycles. The number of carbonyl (C=O) groups is 2. The highest BCUT2D eigenvalue weighted by molar-refractivity contribution is 5.96. The van der Waals surface area contributed by atoms with Gasteiger partial charge in [0.25, 0.3) is 0 Å². The minimum absolute atomic E-state index is 0.0293. The summed E-state index contributed by atoms with van der Waals surface area (Å²) in [6.07, 6.45) is 2.02. The van der Waals surface area contributed by atoms with Crippen molar-refractivity contribution in [2.45, 2.75) is 26.2 Å². The molecule has 0 bridgehead atoms. The molecule has 1 rings (SSSR count). The molecule has 0 radical (unpaired) electrons. The molecule has 86 valence electrons. The van der Waals surface area contributed by atoms with Crippen LogP contribution in [0.25, 0.3) is 0 Å². The predicted octanol–water partition coefficient (Wildman–Crippen LogP) is 0.851. The highest BCUT2D eigenvalue weighted by atomic mass is 16.5. The molecule has 0 saturated carbocycles. The van der Waals surface area contributed by atoms with Crippen LogP contribution in [0.2, 0.25) is 0 Å². The number of hydrogen-bond donors (Lipinski definition) is 0. The Bertz CT molecular complexity index is 232. The van der Waals surface area contributed by atoms with Gasteiger partial charge in [-0.2, -0.15) is 0 Å². The second-order valence-corrected chi connectivity index (χ2v) is 4.16. The number of ketones is 1. The van der Waals surface area contributed by atoms with E-state index in [1.54, 1.807) is 12.0 Å². The lowest BCUT2D eigenvalue weighted by Gasteiger charge is -2.31. The summed E-state index contributed by atoms with van der Waals surface area (Å²) in [5.41, 5.74) is 0. The van der Waals surface area contributed by atoms with Gasteiger partial charge in [0.1, 0.15) is 5.78 Å². The number of Topliss-reactive ketones (excluding diaryl/α,β-unsaturated/α-hetero) is 1. The van der Waals surface area contributed by atoms with Crippen molar-refractivity contribution >= 4 is 11.7 Å². The van der Waals surface area contributed by atoms with E-state index in [0.29, 0.717) is 5.92 Å². The maximum atomic E-state index is 11.5. The van der Waals surface area contributed by atoms with Crippen molar-refractivity contribution in [3.05, 3.63) is 0 Å². The van der Waals surface area contributed by atoms with Crippen molar-refractivity contribution in [3.8, 4) is 0 Å². The van der Waals surface area contributed by atoms with Gasteiger partial charge in [0, 0.05) is 26.8 Å². The zero-order valence-corrected chi connectivity index (χ0v) is 9.49. The summed E-state index contributed by atoms with van der Waals surface area (Å²) >= 11 is 0. The zero-order chi connectivity index (χ0) is 11.3. The number of amides is 1. The van der Waals surface area contributed by atoms with E-state index in [1.807, 2.05) is 0 Å². The van der Waals surface area contributed by atoms with Crippen molar-refractivity contribution in [1.29, 1.82) is 0 Å². The summed E-state index contributed by atoms with van der Waals surface area (Å²) < 4.78 is 5.08. The molecule has 4 heteroatoms. The fourth-order valence-corrected chi connectivity index (χ4v) is 1.91. The molecule has 1 aliphatic rings. The van der Waals surface area contributed by atoms with Crippen LogP contribution in [-0.4, -0.2) is 43.4 Å². The second-order valence-electron chi connectivity index (χ2n) is 4.16. The third-order valence-electron chi connectivity index (χ3n) is 2.77. The Morgan fingerprint density at radius 3 is 2.40 bits per heavy atom. The van der Waals surface area contributed by atoms with E-state index in [2.05, 4.69) is 0 Å². The number of piperidine rings is 1. The lowest BCUT2D eigenvalue weighted by Crippen LogP contribution is -2.39. The normalized spacial score (nSPS) is 17.9. The standard InChI is InChI=1S/C11H19NO3/c1-9(13)7-11(14)12-5-3-10(4-6-12)8-15-2/h10H,3-8H2,1-2H3. The Hall–Kier alpha value is -0.900. The molecule has 0 N–H and O–H groups in total. The molecule has 15 heavy (non-hydrogen) atoms. The number of likely N-dealkylation sites (tertiary alicyclic amines) is 1. The zero-order valence-electron chi connectivity index (χ0n) is 9.49. The minimum Gasteiger partial charge on any atom is -0.384 e. The van der Waals surface area contributed by atoms with Gasteiger partial charge < -0.3 is 9.64 Å². The van der Waals surface area contributed by atoms with Crippen molar-refractivity contribution in [2.75, 3.05) is 26.8 Å². The molecular formula is C11H19NO3. The molecule has 4 nitrogen and oxygen atoms in total. The topological polar surface area (TPSA) is 46.6 Å². The smallest absolute Gasteiger partial charge is 0.230 e. The third kappa shape index (κ3) is 4.00. The summed E-state index contributed by atoms with van der Waals surface area (Å²) in [5.74, 6) is 0.480. The van der Waals surface area contributed by atoms with E-state index >= 15 is 0 Å². The first-order chi connectivity index (χ1) is 7.13. The van der Waals surface area contributed by atoms with Crippen LogP contribution < -0.4 is 0 Å². The molecule has 0 aromatic carbocycles. The number of carbonyl (C=O) groups excluding carboxylic acids is 2. The summed E-state index contributed by atoms with van der Waals surface area (Å²) in [7, 11) is 1.70. The molecule has 1 amide bonds. The van der Waals surface area contributed by atoms with Crippen LogP contribution in [0.15, 0.2) is 0 Å². The molecule has 0 aliphatic carbocycles. The largest absolute Gasteiger partial charge is 0.384 e. The van der Waals surface area contributed by atoms with E-state index in [4.69, 9.17) is 4.74 Å². The fraction of sp³-hybridized carbons (Fsp3) is 0.818. The number of nitrogens with zero attached hydrogens (tertiary/aromatic N) is 1. The van der Waals surface area contributed by atoms with Gasteiger partial charge in [0.2, 0.25) is 5.91 Å². The van der Waals surface area contributed by atoms with Crippen molar-refractivity contribution in [3.63, 3.8) is 0 Å². The van der Waals surface area contributed by atoms with Crippen molar-refractivity contribution < 1.29 is 14.3 Å². The number of methoxy groups -OCH3 is 1. The van der Waals surface area contributed by atoms with Crippen molar-refractivity contribution in [2.24, 2.45) is 5.92 Å². The quantitative estimate of drug-likeness (QED) is 0.650. The lowest BCUT2D eigenvalue weighted by molar-refractivity contribution is -0.136. The first-order valence-corrected chi connectivity index (χ1v) is 5.39. The first-order valence-electron chi connectivity index (χ1n) is 5.39. The highest BCUT2D eigenvalue weighted by Crippen LogP contribution is 2.17. The monoisotopic (exact) mass is 213 g/mol. The van der Waals surface area contributed by atoms with Gasteiger partial charge in [0.05, 0.1) is 6.42 Å². The van der Waals surface area contributed by atoms with E-state index in [1.165, 1.54) is 6.92 Å². The van der Waals surface area contributed by atoms with Gasteiger partial charge in [-0.05, 0) is 25.7 Å². The Balaban J connectivity index is 2.30. The first kappa shape index (κ1) is 12.2. The summed E-state index contributed by atoms with van der Waals surface area (Å²) in [6, 6.07) is 0. The number of rotatable bonds is 4. The predicted molar refractivity (Wildman–Crippen MR) is 56.5 cm³/mol. The summed E-state index contributed by atoms with van der Waals surface area (Å²) in [6.45, 7) is 3.75. The Morgan fingerprint density at radius 1 is 1.33 bits per heavy atom. The molecule has 1 aliphatic heterocycles.